The number of morpholine rings is 1. The molecule has 1 N–H and O–H groups in total. The summed E-state index contributed by atoms with van der Waals surface area (Å²) in [5, 5.41) is 10.1. The lowest BCUT2D eigenvalue weighted by molar-refractivity contribution is -0.0701. The van der Waals surface area contributed by atoms with Crippen molar-refractivity contribution in [1.82, 2.24) is 4.90 Å². The summed E-state index contributed by atoms with van der Waals surface area (Å²) in [6.45, 7) is 8.80. The number of aryl methyl sites for hydroxylation is 1. The molecule has 1 aliphatic heterocycles. The van der Waals surface area contributed by atoms with Crippen LogP contribution in [0.15, 0.2) is 24.3 Å². The van der Waals surface area contributed by atoms with Gasteiger partial charge in [-0.05, 0) is 32.9 Å². The van der Waals surface area contributed by atoms with Crippen molar-refractivity contribution in [3.8, 4) is 5.75 Å². The Morgan fingerprint density at radius 1 is 1.35 bits per heavy atom. The van der Waals surface area contributed by atoms with E-state index in [1.807, 2.05) is 31.2 Å². The molecule has 0 saturated carbocycles. The van der Waals surface area contributed by atoms with Crippen molar-refractivity contribution in [2.45, 2.75) is 39.0 Å². The van der Waals surface area contributed by atoms with Crippen LogP contribution >= 0.6 is 0 Å². The Morgan fingerprint density at radius 3 is 2.75 bits per heavy atom. The van der Waals surface area contributed by atoms with Gasteiger partial charge in [-0.3, -0.25) is 4.90 Å². The number of hydrogen-bond donors (Lipinski definition) is 1. The molecule has 1 aromatic rings. The lowest BCUT2D eigenvalue weighted by Gasteiger charge is -2.38. The van der Waals surface area contributed by atoms with Crippen LogP contribution in [0.3, 0.4) is 0 Å². The molecule has 0 aromatic heterocycles. The van der Waals surface area contributed by atoms with E-state index in [2.05, 4.69) is 18.7 Å². The van der Waals surface area contributed by atoms with Crippen LogP contribution in [0.25, 0.3) is 0 Å². The maximum atomic E-state index is 10.1. The first-order valence-corrected chi connectivity index (χ1v) is 7.29. The number of ether oxygens (including phenoxy) is 2. The Morgan fingerprint density at radius 2 is 2.05 bits per heavy atom. The first kappa shape index (κ1) is 15.3. The zero-order chi connectivity index (χ0) is 14.5. The van der Waals surface area contributed by atoms with Crippen molar-refractivity contribution in [3.63, 3.8) is 0 Å². The van der Waals surface area contributed by atoms with Gasteiger partial charge in [-0.1, -0.05) is 17.7 Å². The van der Waals surface area contributed by atoms with Crippen LogP contribution < -0.4 is 4.74 Å². The second-order valence-electron chi connectivity index (χ2n) is 5.59. The summed E-state index contributed by atoms with van der Waals surface area (Å²) >= 11 is 0. The third-order valence-electron chi connectivity index (χ3n) is 3.92. The van der Waals surface area contributed by atoms with E-state index in [4.69, 9.17) is 9.47 Å². The number of benzene rings is 1. The first-order valence-electron chi connectivity index (χ1n) is 7.29. The molecule has 1 aromatic carbocycles. The summed E-state index contributed by atoms with van der Waals surface area (Å²) in [6.07, 6.45) is -0.266. The Hall–Kier alpha value is -1.10. The number of hydrogen-bond acceptors (Lipinski definition) is 4. The van der Waals surface area contributed by atoms with Gasteiger partial charge < -0.3 is 14.6 Å². The molecule has 2 rings (SSSR count). The average Bonchev–Trinajstić information content (AvgIpc) is 2.43. The Bertz CT molecular complexity index is 407. The normalized spacial score (nSPS) is 25.4. The van der Waals surface area contributed by atoms with Crippen molar-refractivity contribution in [2.24, 2.45) is 0 Å². The predicted octanol–water partition coefficient (Wildman–Crippen LogP) is 1.84. The van der Waals surface area contributed by atoms with Gasteiger partial charge in [-0.15, -0.1) is 0 Å². The standard InChI is InChI=1S/C16H25NO3/c1-12-4-6-16(7-5-12)20-11-15(18)10-17-8-9-19-14(3)13(17)2/h4-7,13-15,18H,8-11H2,1-3H3. The molecule has 1 fully saturated rings. The minimum absolute atomic E-state index is 0.217. The average molecular weight is 279 g/mol. The molecular weight excluding hydrogens is 254 g/mol. The zero-order valence-corrected chi connectivity index (χ0v) is 12.6. The van der Waals surface area contributed by atoms with Crippen molar-refractivity contribution >= 4 is 0 Å². The van der Waals surface area contributed by atoms with E-state index in [0.717, 1.165) is 18.9 Å². The van der Waals surface area contributed by atoms with E-state index in [9.17, 15) is 5.11 Å². The SMILES string of the molecule is Cc1ccc(OCC(O)CN2CCOC(C)C2C)cc1. The van der Waals surface area contributed by atoms with Gasteiger partial charge in [0.25, 0.3) is 0 Å². The summed E-state index contributed by atoms with van der Waals surface area (Å²) < 4.78 is 11.2. The largest absolute Gasteiger partial charge is 0.491 e. The molecule has 3 atom stereocenters. The van der Waals surface area contributed by atoms with E-state index in [0.29, 0.717) is 19.2 Å². The Labute approximate surface area is 121 Å². The van der Waals surface area contributed by atoms with Crippen molar-refractivity contribution in [1.29, 1.82) is 0 Å². The van der Waals surface area contributed by atoms with Crippen LogP contribution in [0.5, 0.6) is 5.75 Å². The van der Waals surface area contributed by atoms with Crippen molar-refractivity contribution in [3.05, 3.63) is 29.8 Å². The first-order chi connectivity index (χ1) is 9.56. The molecule has 0 spiro atoms. The van der Waals surface area contributed by atoms with E-state index in [1.54, 1.807) is 0 Å². The van der Waals surface area contributed by atoms with Gasteiger partial charge >= 0.3 is 0 Å². The molecule has 1 saturated heterocycles. The van der Waals surface area contributed by atoms with Crippen LogP contribution in [0, 0.1) is 6.92 Å². The van der Waals surface area contributed by atoms with Gasteiger partial charge in [-0.25, -0.2) is 0 Å². The van der Waals surface area contributed by atoms with Gasteiger partial charge in [0.15, 0.2) is 0 Å². The van der Waals surface area contributed by atoms with Crippen LogP contribution in [-0.4, -0.2) is 54.6 Å². The lowest BCUT2D eigenvalue weighted by atomic mass is 10.1. The van der Waals surface area contributed by atoms with Gasteiger partial charge in [-0.2, -0.15) is 0 Å². The van der Waals surface area contributed by atoms with Crippen LogP contribution in [0.2, 0.25) is 0 Å². The van der Waals surface area contributed by atoms with E-state index >= 15 is 0 Å². The molecule has 20 heavy (non-hydrogen) atoms. The molecule has 4 heteroatoms. The second kappa shape index (κ2) is 7.07. The van der Waals surface area contributed by atoms with Crippen LogP contribution in [-0.2, 0) is 4.74 Å². The molecule has 0 aliphatic carbocycles. The predicted molar refractivity (Wildman–Crippen MR) is 79.1 cm³/mol. The third-order valence-corrected chi connectivity index (χ3v) is 3.92. The summed E-state index contributed by atoms with van der Waals surface area (Å²) in [4.78, 5) is 2.26. The highest BCUT2D eigenvalue weighted by Gasteiger charge is 2.26. The second-order valence-corrected chi connectivity index (χ2v) is 5.59. The smallest absolute Gasteiger partial charge is 0.119 e. The maximum absolute atomic E-state index is 10.1. The highest BCUT2D eigenvalue weighted by atomic mass is 16.5. The molecule has 1 heterocycles. The van der Waals surface area contributed by atoms with Crippen molar-refractivity contribution in [2.75, 3.05) is 26.3 Å². The quantitative estimate of drug-likeness (QED) is 0.893. The number of β-amino-alcohol motifs (C(OH)–C–C–N with tert-alkyl or cyclic N) is 1. The number of nitrogens with zero attached hydrogens (tertiary/aromatic N) is 1. The minimum atomic E-state index is -0.482. The fourth-order valence-electron chi connectivity index (χ4n) is 2.40. The van der Waals surface area contributed by atoms with Gasteiger partial charge in [0.1, 0.15) is 18.5 Å². The number of rotatable bonds is 5. The lowest BCUT2D eigenvalue weighted by Crippen LogP contribution is -2.51. The monoisotopic (exact) mass is 279 g/mol. The molecule has 112 valence electrons. The summed E-state index contributed by atoms with van der Waals surface area (Å²) in [5.74, 6) is 0.804. The highest BCUT2D eigenvalue weighted by molar-refractivity contribution is 5.26. The Balaban J connectivity index is 1.77. The number of aliphatic hydroxyl groups excluding tert-OH is 1. The number of aliphatic hydroxyl groups is 1. The molecule has 1 aliphatic rings. The van der Waals surface area contributed by atoms with Crippen molar-refractivity contribution < 1.29 is 14.6 Å². The van der Waals surface area contributed by atoms with E-state index in [-0.39, 0.29) is 6.10 Å². The van der Waals surface area contributed by atoms with Crippen LogP contribution in [0.1, 0.15) is 19.4 Å². The minimum Gasteiger partial charge on any atom is -0.491 e. The van der Waals surface area contributed by atoms with E-state index in [1.165, 1.54) is 5.56 Å². The molecule has 3 unspecified atom stereocenters. The van der Waals surface area contributed by atoms with Gasteiger partial charge in [0.05, 0.1) is 12.7 Å². The van der Waals surface area contributed by atoms with Gasteiger partial charge in [0, 0.05) is 19.1 Å². The van der Waals surface area contributed by atoms with Crippen LogP contribution in [0.4, 0.5) is 0 Å². The molecule has 4 nitrogen and oxygen atoms in total. The fourth-order valence-corrected chi connectivity index (χ4v) is 2.40. The maximum Gasteiger partial charge on any atom is 0.119 e. The third kappa shape index (κ3) is 4.20. The molecular formula is C16H25NO3. The van der Waals surface area contributed by atoms with E-state index < -0.39 is 6.10 Å². The summed E-state index contributed by atoms with van der Waals surface area (Å²) in [6, 6.07) is 8.21. The highest BCUT2D eigenvalue weighted by Crippen LogP contribution is 2.15. The fraction of sp³-hybridized carbons (Fsp3) is 0.625. The molecule has 0 bridgehead atoms. The van der Waals surface area contributed by atoms with Gasteiger partial charge in [0.2, 0.25) is 0 Å². The summed E-state index contributed by atoms with van der Waals surface area (Å²) in [5.41, 5.74) is 1.20. The summed E-state index contributed by atoms with van der Waals surface area (Å²) in [7, 11) is 0. The molecule has 0 radical (unpaired) electrons. The Kier molecular flexibility index (Phi) is 5.40. The topological polar surface area (TPSA) is 41.9 Å². The zero-order valence-electron chi connectivity index (χ0n) is 12.6. The molecule has 0 amide bonds.